The van der Waals surface area contributed by atoms with E-state index in [1.54, 1.807) is 12.1 Å². The number of hydrogen-bond donors (Lipinski definition) is 1. The fraction of sp³-hybridized carbons (Fsp3) is 0. The first kappa shape index (κ1) is 10.0. The maximum Gasteiger partial charge on any atom is 0.265 e. The fourth-order valence-electron chi connectivity index (χ4n) is 1.19. The molecule has 0 aliphatic rings. The summed E-state index contributed by atoms with van der Waals surface area (Å²) in [5.74, 6) is -0.320. The van der Waals surface area contributed by atoms with E-state index in [1.165, 1.54) is 18.5 Å². The number of nitrogens with one attached hydrogen (secondary N) is 1. The highest BCUT2D eigenvalue weighted by atomic mass is 79.9. The highest BCUT2D eigenvalue weighted by Gasteiger charge is 2.07. The smallest absolute Gasteiger partial charge is 0.265 e. The molecule has 15 heavy (non-hydrogen) atoms. The summed E-state index contributed by atoms with van der Waals surface area (Å²) in [6.45, 7) is 0. The van der Waals surface area contributed by atoms with Crippen LogP contribution in [-0.4, -0.2) is 9.97 Å². The highest BCUT2D eigenvalue weighted by molar-refractivity contribution is 9.10. The molecule has 0 radical (unpaired) electrons. The zero-order chi connectivity index (χ0) is 10.8. The van der Waals surface area contributed by atoms with E-state index in [0.29, 0.717) is 15.7 Å². The van der Waals surface area contributed by atoms with Crippen LogP contribution in [0.2, 0.25) is 0 Å². The maximum absolute atomic E-state index is 12.7. The highest BCUT2D eigenvalue weighted by Crippen LogP contribution is 2.22. The van der Waals surface area contributed by atoms with Crippen molar-refractivity contribution in [3.63, 3.8) is 0 Å². The quantitative estimate of drug-likeness (QED) is 0.863. The number of halogens is 2. The van der Waals surface area contributed by atoms with Gasteiger partial charge >= 0.3 is 0 Å². The van der Waals surface area contributed by atoms with Gasteiger partial charge < -0.3 is 4.98 Å². The fourth-order valence-corrected chi connectivity index (χ4v) is 1.64. The number of benzene rings is 1. The number of nitrogens with zero attached hydrogens (tertiary/aromatic N) is 1. The van der Waals surface area contributed by atoms with Crippen LogP contribution in [0.1, 0.15) is 0 Å². The van der Waals surface area contributed by atoms with Crippen LogP contribution in [0.25, 0.3) is 11.3 Å². The van der Waals surface area contributed by atoms with Gasteiger partial charge in [-0.05, 0) is 40.2 Å². The van der Waals surface area contributed by atoms with E-state index in [1.807, 2.05) is 0 Å². The monoisotopic (exact) mass is 268 g/mol. The Labute approximate surface area is 93.1 Å². The Morgan fingerprint density at radius 1 is 1.27 bits per heavy atom. The Morgan fingerprint density at radius 2 is 1.93 bits per heavy atom. The van der Waals surface area contributed by atoms with E-state index in [9.17, 15) is 9.18 Å². The molecule has 2 aromatic rings. The first-order chi connectivity index (χ1) is 7.18. The minimum atomic E-state index is -0.320. The molecule has 0 spiro atoms. The predicted molar refractivity (Wildman–Crippen MR) is 58.0 cm³/mol. The van der Waals surface area contributed by atoms with Gasteiger partial charge in [-0.25, -0.2) is 9.37 Å². The molecule has 0 saturated carbocycles. The van der Waals surface area contributed by atoms with Crippen molar-refractivity contribution in [2.45, 2.75) is 0 Å². The molecule has 76 valence electrons. The number of aromatic amines is 1. The van der Waals surface area contributed by atoms with E-state index in [4.69, 9.17) is 0 Å². The van der Waals surface area contributed by atoms with Crippen molar-refractivity contribution in [1.29, 1.82) is 0 Å². The lowest BCUT2D eigenvalue weighted by Gasteiger charge is -2.01. The normalized spacial score (nSPS) is 10.3. The van der Waals surface area contributed by atoms with Gasteiger partial charge in [0.15, 0.2) is 0 Å². The molecule has 5 heteroatoms. The van der Waals surface area contributed by atoms with Crippen LogP contribution in [0, 0.1) is 5.82 Å². The van der Waals surface area contributed by atoms with Gasteiger partial charge in [-0.15, -0.1) is 0 Å². The van der Waals surface area contributed by atoms with Gasteiger partial charge in [0.05, 0.1) is 12.0 Å². The molecule has 0 fully saturated rings. The average molecular weight is 269 g/mol. The lowest BCUT2D eigenvalue weighted by Crippen LogP contribution is -2.08. The van der Waals surface area contributed by atoms with Gasteiger partial charge in [0, 0.05) is 5.56 Å². The second-order valence-corrected chi connectivity index (χ2v) is 3.69. The van der Waals surface area contributed by atoms with Crippen LogP contribution in [0.4, 0.5) is 4.39 Å². The number of H-pyrrole nitrogens is 1. The Kier molecular flexibility index (Phi) is 2.64. The second-order valence-electron chi connectivity index (χ2n) is 2.90. The van der Waals surface area contributed by atoms with Crippen LogP contribution in [0.15, 0.2) is 39.9 Å². The van der Waals surface area contributed by atoms with E-state index in [0.717, 1.165) is 0 Å². The first-order valence-electron chi connectivity index (χ1n) is 4.17. The van der Waals surface area contributed by atoms with Crippen LogP contribution < -0.4 is 5.56 Å². The predicted octanol–water partition coefficient (Wildman–Crippen LogP) is 2.34. The minimum Gasteiger partial charge on any atom is -0.312 e. The molecular formula is C10H6BrFN2O. The summed E-state index contributed by atoms with van der Waals surface area (Å²) in [5, 5.41) is 0. The summed E-state index contributed by atoms with van der Waals surface area (Å²) < 4.78 is 13.0. The summed E-state index contributed by atoms with van der Waals surface area (Å²) in [5.41, 5.74) is 0.928. The van der Waals surface area contributed by atoms with Crippen molar-refractivity contribution in [2.75, 3.05) is 0 Å². The molecule has 0 aliphatic carbocycles. The third-order valence-corrected chi connectivity index (χ3v) is 2.65. The molecule has 2 rings (SSSR count). The minimum absolute atomic E-state index is 0.260. The summed E-state index contributed by atoms with van der Waals surface area (Å²) in [6.07, 6.45) is 1.31. The molecule has 3 nitrogen and oxygen atoms in total. The van der Waals surface area contributed by atoms with Crippen molar-refractivity contribution in [3.05, 3.63) is 51.2 Å². The standard InChI is InChI=1S/C10H6BrFN2O/c11-8-9(13-5-14-10(8)15)6-1-3-7(12)4-2-6/h1-5H,(H,13,14,15). The Morgan fingerprint density at radius 3 is 2.60 bits per heavy atom. The topological polar surface area (TPSA) is 45.8 Å². The molecule has 1 heterocycles. The van der Waals surface area contributed by atoms with Crippen molar-refractivity contribution in [3.8, 4) is 11.3 Å². The van der Waals surface area contributed by atoms with E-state index >= 15 is 0 Å². The third-order valence-electron chi connectivity index (χ3n) is 1.91. The largest absolute Gasteiger partial charge is 0.312 e. The van der Waals surface area contributed by atoms with Crippen LogP contribution in [0.5, 0.6) is 0 Å². The zero-order valence-corrected chi connectivity index (χ0v) is 9.08. The lowest BCUT2D eigenvalue weighted by molar-refractivity contribution is 0.628. The summed E-state index contributed by atoms with van der Waals surface area (Å²) in [6, 6.07) is 5.79. The number of hydrogen-bond acceptors (Lipinski definition) is 2. The van der Waals surface area contributed by atoms with E-state index < -0.39 is 0 Å². The van der Waals surface area contributed by atoms with Gasteiger partial charge in [-0.3, -0.25) is 4.79 Å². The molecule has 0 amide bonds. The van der Waals surface area contributed by atoms with Crippen LogP contribution in [0.3, 0.4) is 0 Å². The summed E-state index contributed by atoms with van der Waals surface area (Å²) in [7, 11) is 0. The van der Waals surface area contributed by atoms with Crippen LogP contribution >= 0.6 is 15.9 Å². The van der Waals surface area contributed by atoms with Gasteiger partial charge in [-0.2, -0.15) is 0 Å². The molecule has 0 atom stereocenters. The number of aromatic nitrogens is 2. The lowest BCUT2D eigenvalue weighted by atomic mass is 10.1. The van der Waals surface area contributed by atoms with Crippen molar-refractivity contribution in [1.82, 2.24) is 9.97 Å². The number of rotatable bonds is 1. The molecule has 1 N–H and O–H groups in total. The van der Waals surface area contributed by atoms with Crippen molar-refractivity contribution in [2.24, 2.45) is 0 Å². The molecule has 0 bridgehead atoms. The molecule has 0 unspecified atom stereocenters. The maximum atomic E-state index is 12.7. The average Bonchev–Trinajstić information content (AvgIpc) is 2.24. The molecular weight excluding hydrogens is 263 g/mol. The van der Waals surface area contributed by atoms with Gasteiger partial charge in [0.2, 0.25) is 0 Å². The van der Waals surface area contributed by atoms with E-state index in [2.05, 4.69) is 25.9 Å². The molecule has 1 aromatic heterocycles. The van der Waals surface area contributed by atoms with Crippen molar-refractivity contribution >= 4 is 15.9 Å². The Bertz CT molecular complexity index is 536. The van der Waals surface area contributed by atoms with Gasteiger partial charge in [0.25, 0.3) is 5.56 Å². The summed E-state index contributed by atoms with van der Waals surface area (Å²) in [4.78, 5) is 17.7. The SMILES string of the molecule is O=c1[nH]cnc(-c2ccc(F)cc2)c1Br. The Hall–Kier alpha value is -1.49. The van der Waals surface area contributed by atoms with E-state index in [-0.39, 0.29) is 11.4 Å². The van der Waals surface area contributed by atoms with Crippen LogP contribution in [-0.2, 0) is 0 Å². The van der Waals surface area contributed by atoms with Crippen molar-refractivity contribution < 1.29 is 4.39 Å². The second kappa shape index (κ2) is 3.94. The molecule has 0 aliphatic heterocycles. The summed E-state index contributed by atoms with van der Waals surface area (Å²) >= 11 is 3.14. The zero-order valence-electron chi connectivity index (χ0n) is 7.50. The van der Waals surface area contributed by atoms with Gasteiger partial charge in [-0.1, -0.05) is 0 Å². The van der Waals surface area contributed by atoms with Gasteiger partial charge in [0.1, 0.15) is 10.3 Å². The molecule has 1 aromatic carbocycles. The Balaban J connectivity index is 2.59. The third kappa shape index (κ3) is 1.97. The first-order valence-corrected chi connectivity index (χ1v) is 4.97. The molecule has 0 saturated heterocycles.